The fraction of sp³-hybridized carbons (Fsp3) is 0.500. The number of likely N-dealkylation sites (tertiary alicyclic amines) is 1. The van der Waals surface area contributed by atoms with E-state index in [1.807, 2.05) is 18.3 Å². The van der Waals surface area contributed by atoms with E-state index >= 15 is 0 Å². The van der Waals surface area contributed by atoms with Gasteiger partial charge >= 0.3 is 0 Å². The van der Waals surface area contributed by atoms with Gasteiger partial charge in [0.15, 0.2) is 5.69 Å². The molecule has 3 aromatic rings. The van der Waals surface area contributed by atoms with Crippen LogP contribution in [-0.2, 0) is 17.8 Å². The summed E-state index contributed by atoms with van der Waals surface area (Å²) in [6.45, 7) is 1.48. The zero-order valence-corrected chi connectivity index (χ0v) is 18.3. The van der Waals surface area contributed by atoms with E-state index in [1.165, 1.54) is 10.9 Å². The lowest BCUT2D eigenvalue weighted by atomic mass is 9.98. The fourth-order valence-electron chi connectivity index (χ4n) is 4.63. The number of fused-ring (bicyclic) bond motifs is 1. The Balaban J connectivity index is 1.16. The van der Waals surface area contributed by atoms with E-state index in [1.54, 1.807) is 10.9 Å². The molecule has 2 fully saturated rings. The van der Waals surface area contributed by atoms with Crippen LogP contribution in [0.3, 0.4) is 0 Å². The number of para-hydroxylation sites is 1. The zero-order valence-electron chi connectivity index (χ0n) is 18.3. The molecule has 1 saturated carbocycles. The number of rotatable bonds is 8. The average molecular weight is 435 g/mol. The van der Waals surface area contributed by atoms with Gasteiger partial charge in [0.05, 0.1) is 6.20 Å². The molecular formula is C24H30N6O2. The molecule has 0 bridgehead atoms. The summed E-state index contributed by atoms with van der Waals surface area (Å²) in [5.41, 5.74) is 2.68. The molecule has 1 aliphatic carbocycles. The Bertz CT molecular complexity index is 1100. The van der Waals surface area contributed by atoms with E-state index in [9.17, 15) is 9.59 Å². The lowest BCUT2D eigenvalue weighted by molar-refractivity contribution is -0.135. The number of carbonyl (C=O) groups excluding carboxylic acids is 2. The third-order valence-corrected chi connectivity index (χ3v) is 6.61. The number of nitrogens with zero attached hydrogens (tertiary/aromatic N) is 4. The summed E-state index contributed by atoms with van der Waals surface area (Å²) in [5, 5.41) is 12.3. The zero-order chi connectivity index (χ0) is 21.9. The van der Waals surface area contributed by atoms with Gasteiger partial charge in [0.2, 0.25) is 5.91 Å². The van der Waals surface area contributed by atoms with Crippen molar-refractivity contribution in [3.63, 3.8) is 0 Å². The van der Waals surface area contributed by atoms with Gasteiger partial charge < -0.3 is 15.2 Å². The molecule has 0 spiro atoms. The molecule has 3 heterocycles. The van der Waals surface area contributed by atoms with Crippen molar-refractivity contribution in [1.29, 1.82) is 0 Å². The Kier molecular flexibility index (Phi) is 5.92. The second-order valence-electron chi connectivity index (χ2n) is 9.00. The molecule has 1 atom stereocenters. The van der Waals surface area contributed by atoms with Crippen LogP contribution >= 0.6 is 0 Å². The molecule has 2 aliphatic rings. The highest BCUT2D eigenvalue weighted by Crippen LogP contribution is 2.24. The van der Waals surface area contributed by atoms with E-state index < -0.39 is 0 Å². The van der Waals surface area contributed by atoms with E-state index in [2.05, 4.69) is 37.6 Å². The second kappa shape index (κ2) is 9.14. The molecule has 1 aromatic carbocycles. The predicted molar refractivity (Wildman–Crippen MR) is 121 cm³/mol. The van der Waals surface area contributed by atoms with Crippen LogP contribution in [0.4, 0.5) is 0 Å². The Morgan fingerprint density at radius 2 is 2.03 bits per heavy atom. The first-order valence-corrected chi connectivity index (χ1v) is 11.7. The van der Waals surface area contributed by atoms with Gasteiger partial charge in [-0.15, -0.1) is 5.10 Å². The van der Waals surface area contributed by atoms with Crippen LogP contribution in [0.15, 0.2) is 36.7 Å². The number of nitrogens with one attached hydrogen (secondary N) is 2. The minimum Gasteiger partial charge on any atom is -0.361 e. The molecule has 8 heteroatoms. The largest absolute Gasteiger partial charge is 0.361 e. The van der Waals surface area contributed by atoms with E-state index in [4.69, 9.17) is 0 Å². The predicted octanol–water partition coefficient (Wildman–Crippen LogP) is 3.06. The molecule has 5 rings (SSSR count). The monoisotopic (exact) mass is 434 g/mol. The van der Waals surface area contributed by atoms with Crippen LogP contribution in [0.25, 0.3) is 10.9 Å². The summed E-state index contributed by atoms with van der Waals surface area (Å²) in [5.74, 6) is 0.0774. The lowest BCUT2D eigenvalue weighted by Crippen LogP contribution is -2.44. The van der Waals surface area contributed by atoms with Crippen LogP contribution in [0.2, 0.25) is 0 Å². The lowest BCUT2D eigenvalue weighted by Gasteiger charge is -2.36. The van der Waals surface area contributed by atoms with Gasteiger partial charge in [0.1, 0.15) is 0 Å². The van der Waals surface area contributed by atoms with Crippen molar-refractivity contribution in [2.24, 2.45) is 0 Å². The van der Waals surface area contributed by atoms with Crippen molar-refractivity contribution in [1.82, 2.24) is 30.2 Å². The van der Waals surface area contributed by atoms with Gasteiger partial charge in [-0.1, -0.05) is 23.4 Å². The molecule has 8 nitrogen and oxygen atoms in total. The van der Waals surface area contributed by atoms with Gasteiger partial charge in [-0.2, -0.15) is 0 Å². The van der Waals surface area contributed by atoms with Crippen molar-refractivity contribution < 1.29 is 9.59 Å². The third kappa shape index (κ3) is 4.69. The Labute approximate surface area is 187 Å². The topological polar surface area (TPSA) is 95.9 Å². The smallest absolute Gasteiger partial charge is 0.273 e. The summed E-state index contributed by atoms with van der Waals surface area (Å²) in [4.78, 5) is 30.6. The third-order valence-electron chi connectivity index (χ3n) is 6.61. The van der Waals surface area contributed by atoms with Crippen LogP contribution in [0.5, 0.6) is 0 Å². The average Bonchev–Trinajstić information content (AvgIpc) is 3.34. The van der Waals surface area contributed by atoms with Crippen LogP contribution < -0.4 is 5.32 Å². The molecule has 1 saturated heterocycles. The van der Waals surface area contributed by atoms with Gasteiger partial charge in [0.25, 0.3) is 5.91 Å². The van der Waals surface area contributed by atoms with Gasteiger partial charge in [0, 0.05) is 48.7 Å². The first-order valence-electron chi connectivity index (χ1n) is 11.7. The van der Waals surface area contributed by atoms with Crippen molar-refractivity contribution in [3.05, 3.63) is 47.9 Å². The summed E-state index contributed by atoms with van der Waals surface area (Å²) >= 11 is 0. The number of carbonyl (C=O) groups is 2. The Morgan fingerprint density at radius 3 is 2.91 bits per heavy atom. The second-order valence-corrected chi connectivity index (χ2v) is 9.00. The van der Waals surface area contributed by atoms with Gasteiger partial charge in [-0.05, 0) is 56.6 Å². The van der Waals surface area contributed by atoms with Crippen molar-refractivity contribution in [2.75, 3.05) is 6.54 Å². The minimum atomic E-state index is -0.148. The minimum absolute atomic E-state index is 0.148. The maximum absolute atomic E-state index is 13.1. The van der Waals surface area contributed by atoms with Gasteiger partial charge in [-0.3, -0.25) is 14.3 Å². The molecule has 0 unspecified atom stereocenters. The number of benzene rings is 1. The first-order chi connectivity index (χ1) is 15.7. The molecule has 1 aliphatic heterocycles. The molecule has 32 heavy (non-hydrogen) atoms. The van der Waals surface area contributed by atoms with E-state index in [0.717, 1.165) is 57.0 Å². The number of hydrogen-bond acceptors (Lipinski definition) is 4. The van der Waals surface area contributed by atoms with E-state index in [-0.39, 0.29) is 17.9 Å². The van der Waals surface area contributed by atoms with E-state index in [0.29, 0.717) is 24.7 Å². The number of amides is 2. The Hall–Kier alpha value is -3.16. The van der Waals surface area contributed by atoms with Crippen molar-refractivity contribution in [3.8, 4) is 0 Å². The molecule has 0 radical (unpaired) electrons. The molecule has 2 N–H and O–H groups in total. The number of H-pyrrole nitrogens is 1. The number of aromatic amines is 1. The first kappa shape index (κ1) is 20.7. The summed E-state index contributed by atoms with van der Waals surface area (Å²) < 4.78 is 1.73. The summed E-state index contributed by atoms with van der Waals surface area (Å²) in [6.07, 6.45) is 11.1. The normalized spacial score (nSPS) is 18.8. The molecule has 168 valence electrons. The standard InChI is InChI=1S/C24H30N6O2/c31-23(11-8-17-15-25-21-7-2-1-6-20(17)21)30-13-4-3-5-19(30)12-14-29-16-22(27-28-29)24(32)26-18-9-10-18/h1-2,6-7,15-16,18-19,25H,3-5,8-14H2,(H,26,32)/t19-/m1/s1. The van der Waals surface area contributed by atoms with Crippen LogP contribution in [0.1, 0.15) is 61.0 Å². The maximum atomic E-state index is 13.1. The molecular weight excluding hydrogens is 404 g/mol. The summed E-state index contributed by atoms with van der Waals surface area (Å²) in [7, 11) is 0. The summed E-state index contributed by atoms with van der Waals surface area (Å²) in [6, 6.07) is 8.74. The maximum Gasteiger partial charge on any atom is 0.273 e. The SMILES string of the molecule is O=C(NC1CC1)c1cn(CC[C@H]2CCCCN2C(=O)CCc2c[nH]c3ccccc23)nn1. The number of piperidine rings is 1. The quantitative estimate of drug-likeness (QED) is 0.570. The Morgan fingerprint density at radius 1 is 1.16 bits per heavy atom. The number of aromatic nitrogens is 4. The van der Waals surface area contributed by atoms with Crippen LogP contribution in [-0.4, -0.2) is 55.3 Å². The van der Waals surface area contributed by atoms with Crippen molar-refractivity contribution in [2.45, 2.75) is 70.0 Å². The number of aryl methyl sites for hydroxylation is 2. The highest BCUT2D eigenvalue weighted by molar-refractivity contribution is 5.92. The highest BCUT2D eigenvalue weighted by Gasteiger charge is 2.27. The highest BCUT2D eigenvalue weighted by atomic mass is 16.2. The van der Waals surface area contributed by atoms with Crippen molar-refractivity contribution >= 4 is 22.7 Å². The van der Waals surface area contributed by atoms with Crippen LogP contribution in [0, 0.1) is 0 Å². The number of hydrogen-bond donors (Lipinski definition) is 2. The van der Waals surface area contributed by atoms with Gasteiger partial charge in [-0.25, -0.2) is 0 Å². The molecule has 2 aromatic heterocycles. The fourth-order valence-corrected chi connectivity index (χ4v) is 4.63. The molecule has 2 amide bonds.